The smallest absolute Gasteiger partial charge is 0.119 e. The fraction of sp³-hybridized carbons (Fsp3) is 0.429. The number of hydrogen-bond donors (Lipinski definition) is 2. The molecule has 0 aliphatic heterocycles. The fourth-order valence-corrected chi connectivity index (χ4v) is 5.68. The molecule has 0 unspecified atom stereocenters. The summed E-state index contributed by atoms with van der Waals surface area (Å²) < 4.78 is 12.0. The summed E-state index contributed by atoms with van der Waals surface area (Å²) in [5.41, 5.74) is 9.08. The van der Waals surface area contributed by atoms with Crippen LogP contribution in [-0.2, 0) is 0 Å². The van der Waals surface area contributed by atoms with Crippen molar-refractivity contribution in [2.45, 2.75) is 105 Å². The van der Waals surface area contributed by atoms with Gasteiger partial charge in [0.2, 0.25) is 0 Å². The van der Waals surface area contributed by atoms with Gasteiger partial charge in [-0.2, -0.15) is 0 Å². The van der Waals surface area contributed by atoms with E-state index in [1.807, 2.05) is 0 Å². The third-order valence-electron chi connectivity index (χ3n) is 8.59. The van der Waals surface area contributed by atoms with Gasteiger partial charge >= 0.3 is 0 Å². The van der Waals surface area contributed by atoms with E-state index in [-0.39, 0.29) is 0 Å². The van der Waals surface area contributed by atoms with Gasteiger partial charge in [0.25, 0.3) is 0 Å². The molecule has 0 heterocycles. The van der Waals surface area contributed by atoms with Crippen LogP contribution in [-0.4, -0.2) is 13.2 Å². The molecule has 0 aromatic heterocycles. The molecule has 4 aromatic carbocycles. The van der Waals surface area contributed by atoms with E-state index in [4.69, 9.17) is 9.47 Å². The molecule has 4 aromatic rings. The Balaban J connectivity index is 1.23. The Labute approximate surface area is 278 Å². The van der Waals surface area contributed by atoms with Crippen LogP contribution in [0.2, 0.25) is 0 Å². The van der Waals surface area contributed by atoms with Gasteiger partial charge in [-0.15, -0.1) is 0 Å². The molecular formula is C42H56N2O2. The van der Waals surface area contributed by atoms with Crippen LogP contribution in [0.25, 0.3) is 11.1 Å². The second-order valence-corrected chi connectivity index (χ2v) is 12.6. The summed E-state index contributed by atoms with van der Waals surface area (Å²) >= 11 is 0. The normalized spacial score (nSPS) is 11.0. The van der Waals surface area contributed by atoms with Crippen LogP contribution in [0.3, 0.4) is 0 Å². The highest BCUT2D eigenvalue weighted by atomic mass is 16.5. The molecule has 0 amide bonds. The number of ether oxygens (including phenoxy) is 2. The molecule has 0 bridgehead atoms. The highest BCUT2D eigenvalue weighted by Gasteiger charge is 2.06. The Bertz CT molecular complexity index is 1320. The molecule has 0 spiro atoms. The van der Waals surface area contributed by atoms with Crippen molar-refractivity contribution in [3.8, 4) is 22.6 Å². The summed E-state index contributed by atoms with van der Waals surface area (Å²) in [5, 5.41) is 7.14. The molecule has 246 valence electrons. The molecule has 4 rings (SSSR count). The maximum Gasteiger partial charge on any atom is 0.119 e. The van der Waals surface area contributed by atoms with Gasteiger partial charge in [-0.1, -0.05) is 102 Å². The first-order chi connectivity index (χ1) is 22.6. The Morgan fingerprint density at radius 3 is 1.17 bits per heavy atom. The Morgan fingerprint density at radius 2 is 0.804 bits per heavy atom. The molecule has 4 heteroatoms. The largest absolute Gasteiger partial charge is 0.494 e. The molecule has 2 N–H and O–H groups in total. The zero-order chi connectivity index (χ0) is 32.4. The quantitative estimate of drug-likeness (QED) is 0.0910. The van der Waals surface area contributed by atoms with Crippen molar-refractivity contribution in [1.82, 2.24) is 0 Å². The number of benzene rings is 4. The van der Waals surface area contributed by atoms with Crippen LogP contribution >= 0.6 is 0 Å². The number of anilines is 4. The van der Waals surface area contributed by atoms with E-state index in [0.29, 0.717) is 0 Å². The van der Waals surface area contributed by atoms with E-state index in [1.54, 1.807) is 0 Å². The monoisotopic (exact) mass is 620 g/mol. The minimum Gasteiger partial charge on any atom is -0.494 e. The summed E-state index contributed by atoms with van der Waals surface area (Å²) in [4.78, 5) is 0. The number of aryl methyl sites for hydroxylation is 2. The first-order valence-corrected chi connectivity index (χ1v) is 17.8. The molecule has 0 fully saturated rings. The van der Waals surface area contributed by atoms with E-state index in [0.717, 1.165) is 60.3 Å². The Kier molecular flexibility index (Phi) is 14.9. The van der Waals surface area contributed by atoms with Gasteiger partial charge in [0, 0.05) is 22.7 Å². The minimum absolute atomic E-state index is 0.790. The lowest BCUT2D eigenvalue weighted by atomic mass is 10.0. The highest BCUT2D eigenvalue weighted by molar-refractivity contribution is 5.72. The Morgan fingerprint density at radius 1 is 0.435 bits per heavy atom. The van der Waals surface area contributed by atoms with Gasteiger partial charge in [-0.3, -0.25) is 0 Å². The topological polar surface area (TPSA) is 42.5 Å². The average Bonchev–Trinajstić information content (AvgIpc) is 3.07. The number of nitrogens with one attached hydrogen (secondary N) is 2. The SMILES string of the molecule is CCCCCCCCOc1ccc(Nc2ccc(-c3ccc(Nc4ccc(OCCCCCCCC)cc4C)cc3)cc2)c(C)c1. The van der Waals surface area contributed by atoms with Gasteiger partial charge < -0.3 is 20.1 Å². The second kappa shape index (κ2) is 19.6. The molecule has 0 radical (unpaired) electrons. The fourth-order valence-electron chi connectivity index (χ4n) is 5.68. The van der Waals surface area contributed by atoms with E-state index in [9.17, 15) is 0 Å². The number of unbranched alkanes of at least 4 members (excludes halogenated alkanes) is 10. The Hall–Kier alpha value is -3.92. The maximum absolute atomic E-state index is 6.01. The molecule has 0 atom stereocenters. The van der Waals surface area contributed by atoms with Crippen LogP contribution in [0.1, 0.15) is 102 Å². The average molecular weight is 621 g/mol. The number of rotatable bonds is 21. The minimum atomic E-state index is 0.790. The lowest BCUT2D eigenvalue weighted by molar-refractivity contribution is 0.304. The molecule has 0 aliphatic rings. The van der Waals surface area contributed by atoms with Crippen LogP contribution < -0.4 is 20.1 Å². The predicted octanol–water partition coefficient (Wildman–Crippen LogP) is 12.9. The molecule has 46 heavy (non-hydrogen) atoms. The molecule has 0 aliphatic carbocycles. The summed E-state index contributed by atoms with van der Waals surface area (Å²) in [5.74, 6) is 1.90. The molecular weight excluding hydrogens is 564 g/mol. The van der Waals surface area contributed by atoms with E-state index in [1.165, 1.54) is 86.5 Å². The van der Waals surface area contributed by atoms with Gasteiger partial charge in [0.05, 0.1) is 13.2 Å². The van der Waals surface area contributed by atoms with E-state index >= 15 is 0 Å². The van der Waals surface area contributed by atoms with E-state index in [2.05, 4.69) is 123 Å². The maximum atomic E-state index is 6.01. The van der Waals surface area contributed by atoms with Gasteiger partial charge in [0.1, 0.15) is 11.5 Å². The van der Waals surface area contributed by atoms with Crippen molar-refractivity contribution in [2.75, 3.05) is 23.8 Å². The lowest BCUT2D eigenvalue weighted by Gasteiger charge is -2.14. The summed E-state index contributed by atoms with van der Waals surface area (Å²) in [6.45, 7) is 10.4. The van der Waals surface area contributed by atoms with Crippen molar-refractivity contribution >= 4 is 22.7 Å². The first-order valence-electron chi connectivity index (χ1n) is 17.8. The molecule has 4 nitrogen and oxygen atoms in total. The zero-order valence-electron chi connectivity index (χ0n) is 28.8. The van der Waals surface area contributed by atoms with Crippen LogP contribution in [0.15, 0.2) is 84.9 Å². The number of hydrogen-bond acceptors (Lipinski definition) is 4. The van der Waals surface area contributed by atoms with Crippen LogP contribution in [0.5, 0.6) is 11.5 Å². The second-order valence-electron chi connectivity index (χ2n) is 12.6. The zero-order valence-corrected chi connectivity index (χ0v) is 28.8. The van der Waals surface area contributed by atoms with Crippen molar-refractivity contribution in [3.63, 3.8) is 0 Å². The lowest BCUT2D eigenvalue weighted by Crippen LogP contribution is -1.99. The molecule has 0 saturated carbocycles. The summed E-state index contributed by atoms with van der Waals surface area (Å²) in [7, 11) is 0. The van der Waals surface area contributed by atoms with Gasteiger partial charge in [-0.25, -0.2) is 0 Å². The van der Waals surface area contributed by atoms with Gasteiger partial charge in [-0.05, 0) is 110 Å². The van der Waals surface area contributed by atoms with Crippen LogP contribution in [0, 0.1) is 13.8 Å². The van der Waals surface area contributed by atoms with Gasteiger partial charge in [0.15, 0.2) is 0 Å². The summed E-state index contributed by atoms with van der Waals surface area (Å²) in [6.07, 6.45) is 15.3. The third kappa shape index (κ3) is 11.8. The van der Waals surface area contributed by atoms with Crippen molar-refractivity contribution < 1.29 is 9.47 Å². The van der Waals surface area contributed by atoms with E-state index < -0.39 is 0 Å². The standard InChI is InChI=1S/C42H56N2O2/c1-5-7-9-11-13-15-29-45-39-25-27-41(33(3)31-39)43-37-21-17-35(18-22-37)36-19-23-38(24-20-36)44-42-28-26-40(32-34(42)4)46-30-16-14-12-10-8-6-2/h17-28,31-32,43-44H,5-16,29-30H2,1-4H3. The van der Waals surface area contributed by atoms with Crippen molar-refractivity contribution in [2.24, 2.45) is 0 Å². The summed E-state index contributed by atoms with van der Waals surface area (Å²) in [6, 6.07) is 29.9. The highest BCUT2D eigenvalue weighted by Crippen LogP contribution is 2.29. The van der Waals surface area contributed by atoms with Crippen molar-refractivity contribution in [3.05, 3.63) is 96.1 Å². The predicted molar refractivity (Wildman–Crippen MR) is 199 cm³/mol. The van der Waals surface area contributed by atoms with Crippen LogP contribution in [0.4, 0.5) is 22.7 Å². The molecule has 0 saturated heterocycles. The third-order valence-corrected chi connectivity index (χ3v) is 8.59. The first kappa shape index (κ1) is 34.9. The van der Waals surface area contributed by atoms with Crippen molar-refractivity contribution in [1.29, 1.82) is 0 Å².